The Balaban J connectivity index is 1.95. The molecule has 0 unspecified atom stereocenters. The van der Waals surface area contributed by atoms with Gasteiger partial charge in [0.05, 0.1) is 13.3 Å². The highest BCUT2D eigenvalue weighted by atomic mass is 32.2. The van der Waals surface area contributed by atoms with Crippen LogP contribution in [0.1, 0.15) is 25.0 Å². The van der Waals surface area contributed by atoms with E-state index in [0.717, 1.165) is 0 Å². The van der Waals surface area contributed by atoms with Gasteiger partial charge in [0.2, 0.25) is 0 Å². The van der Waals surface area contributed by atoms with Gasteiger partial charge in [-0.25, -0.2) is 9.40 Å². The third-order valence-corrected chi connectivity index (χ3v) is 5.69. The molecule has 0 fully saturated rings. The van der Waals surface area contributed by atoms with E-state index in [-0.39, 0.29) is 28.1 Å². The summed E-state index contributed by atoms with van der Waals surface area (Å²) in [7, 11) is -4.33. The maximum atomic E-state index is 13.7. The summed E-state index contributed by atoms with van der Waals surface area (Å²) in [5, 5.41) is 23.8. The lowest BCUT2D eigenvalue weighted by Gasteiger charge is -2.21. The molecule has 0 aromatic heterocycles. The van der Waals surface area contributed by atoms with Gasteiger partial charge in [0.1, 0.15) is 17.2 Å². The molecule has 0 atom stereocenters. The average molecular weight is 463 g/mol. The molecule has 32 heavy (non-hydrogen) atoms. The average Bonchev–Trinajstić information content (AvgIpc) is 3.00. The maximum Gasteiger partial charge on any atom is 0.491 e. The molecule has 0 bridgehead atoms. The third kappa shape index (κ3) is 5.45. The van der Waals surface area contributed by atoms with Crippen LogP contribution in [0.15, 0.2) is 50.8 Å². The number of halogens is 1. The summed E-state index contributed by atoms with van der Waals surface area (Å²) in [5.74, 6) is -0.00778. The van der Waals surface area contributed by atoms with E-state index in [4.69, 9.17) is 19.5 Å². The van der Waals surface area contributed by atoms with E-state index in [2.05, 4.69) is 9.50 Å². The molecule has 0 saturated heterocycles. The summed E-state index contributed by atoms with van der Waals surface area (Å²) in [6.45, 7) is 3.87. The number of nitrogens with zero attached hydrogens (tertiary/aromatic N) is 3. The van der Waals surface area contributed by atoms with Gasteiger partial charge < -0.3 is 19.5 Å². The smallest absolute Gasteiger partial charge is 0.491 e. The van der Waals surface area contributed by atoms with Crippen LogP contribution in [0.4, 0.5) is 4.39 Å². The second-order valence-electron chi connectivity index (χ2n) is 7.45. The van der Waals surface area contributed by atoms with Crippen molar-refractivity contribution in [1.82, 2.24) is 5.01 Å². The molecule has 0 radical (unpaired) electrons. The molecule has 1 aliphatic rings. The van der Waals surface area contributed by atoms with E-state index in [1.807, 2.05) is 13.8 Å². The van der Waals surface area contributed by atoms with Crippen LogP contribution >= 0.6 is 0 Å². The number of fused-ring (bicyclic) bond motifs is 1. The summed E-state index contributed by atoms with van der Waals surface area (Å²) >= 11 is 0. The highest BCUT2D eigenvalue weighted by Crippen LogP contribution is 2.31. The Morgan fingerprint density at radius 1 is 1.25 bits per heavy atom. The van der Waals surface area contributed by atoms with Crippen molar-refractivity contribution in [3.8, 4) is 11.5 Å². The number of benzene rings is 2. The molecular weight excluding hydrogens is 440 g/mol. The summed E-state index contributed by atoms with van der Waals surface area (Å²) in [6.07, 6.45) is 1.47. The molecule has 0 amide bonds. The lowest BCUT2D eigenvalue weighted by atomic mass is 9.95. The molecule has 0 aliphatic carbocycles. The molecule has 9 nitrogen and oxygen atoms in total. The highest BCUT2D eigenvalue weighted by Gasteiger charge is 2.33. The van der Waals surface area contributed by atoms with Crippen molar-refractivity contribution in [2.24, 2.45) is 15.4 Å². The number of rotatable bonds is 8. The van der Waals surface area contributed by atoms with E-state index in [1.54, 1.807) is 0 Å². The topological polar surface area (TPSA) is 121 Å². The zero-order chi connectivity index (χ0) is 23.5. The Hall–Kier alpha value is -2.96. The zero-order valence-electron chi connectivity index (χ0n) is 17.8. The number of hydrogen-bond acceptors (Lipinski definition) is 8. The van der Waals surface area contributed by atoms with Gasteiger partial charge in [-0.2, -0.15) is 13.5 Å². The van der Waals surface area contributed by atoms with Gasteiger partial charge in [0.15, 0.2) is 17.4 Å². The van der Waals surface area contributed by atoms with E-state index >= 15 is 0 Å². The second kappa shape index (κ2) is 9.68. The molecule has 1 aliphatic heterocycles. The number of hydrogen-bond donors (Lipinski definition) is 2. The lowest BCUT2D eigenvalue weighted by Crippen LogP contribution is -2.29. The quantitative estimate of drug-likeness (QED) is 0.347. The van der Waals surface area contributed by atoms with Crippen molar-refractivity contribution in [3.05, 3.63) is 53.3 Å². The summed E-state index contributed by atoms with van der Waals surface area (Å²) in [6, 6.07) is 8.58. The molecule has 2 aromatic carbocycles. The van der Waals surface area contributed by atoms with Crippen LogP contribution in [0.25, 0.3) is 0 Å². The van der Waals surface area contributed by atoms with Crippen molar-refractivity contribution >= 4 is 29.2 Å². The standard InChI is InChI=1S/C20H23BFN3O6S/c1-13(2)11-25(23-10-14-4-7-17(22)18(8-14)30-3)20-16-6-5-15(31-12-21(26)27)9-19(16)32(28,29)24-20/h4-10,13,26-27H,11-12H2,1-3H3/b23-10+. The number of sulfonamides is 1. The molecule has 3 rings (SSSR count). The molecule has 2 aromatic rings. The predicted octanol–water partition coefficient (Wildman–Crippen LogP) is 1.67. The largest absolute Gasteiger partial charge is 0.496 e. The van der Waals surface area contributed by atoms with E-state index < -0.39 is 29.5 Å². The van der Waals surface area contributed by atoms with Crippen molar-refractivity contribution in [2.75, 3.05) is 20.2 Å². The van der Waals surface area contributed by atoms with Crippen molar-refractivity contribution in [1.29, 1.82) is 0 Å². The van der Waals surface area contributed by atoms with E-state index in [1.165, 1.54) is 54.7 Å². The first-order valence-electron chi connectivity index (χ1n) is 9.74. The molecule has 1 heterocycles. The monoisotopic (exact) mass is 463 g/mol. The second-order valence-corrected chi connectivity index (χ2v) is 9.03. The minimum absolute atomic E-state index is 0.0650. The van der Waals surface area contributed by atoms with Crippen LogP contribution in [0.5, 0.6) is 11.5 Å². The molecule has 12 heteroatoms. The summed E-state index contributed by atoms with van der Waals surface area (Å²) in [4.78, 5) is -0.0650. The number of methoxy groups -OCH3 is 1. The minimum Gasteiger partial charge on any atom is -0.496 e. The van der Waals surface area contributed by atoms with Crippen molar-refractivity contribution in [2.45, 2.75) is 18.7 Å². The Kier molecular flexibility index (Phi) is 7.17. The fraction of sp³-hybridized carbons (Fsp3) is 0.300. The first kappa shape index (κ1) is 23.7. The molecular formula is C20H23BFN3O6S. The van der Waals surface area contributed by atoms with E-state index in [0.29, 0.717) is 17.7 Å². The van der Waals surface area contributed by atoms with Crippen molar-refractivity contribution in [3.63, 3.8) is 0 Å². The molecule has 170 valence electrons. The first-order valence-corrected chi connectivity index (χ1v) is 11.2. The third-order valence-electron chi connectivity index (χ3n) is 4.38. The number of amidine groups is 1. The van der Waals surface area contributed by atoms with Gasteiger partial charge in [-0.05, 0) is 35.7 Å². The normalized spacial score (nSPS) is 14.4. The Morgan fingerprint density at radius 3 is 2.66 bits per heavy atom. The first-order chi connectivity index (χ1) is 15.1. The summed E-state index contributed by atoms with van der Waals surface area (Å²) < 4.78 is 53.0. The summed E-state index contributed by atoms with van der Waals surface area (Å²) in [5.41, 5.74) is 0.904. The predicted molar refractivity (Wildman–Crippen MR) is 118 cm³/mol. The van der Waals surface area contributed by atoms with Crippen LogP contribution in [-0.2, 0) is 10.0 Å². The molecule has 0 spiro atoms. The van der Waals surface area contributed by atoms with Crippen LogP contribution in [0.2, 0.25) is 0 Å². The molecule has 2 N–H and O–H groups in total. The Labute approximate surface area is 186 Å². The van der Waals surface area contributed by atoms with Gasteiger partial charge in [0.25, 0.3) is 10.0 Å². The van der Waals surface area contributed by atoms with Crippen LogP contribution in [0.3, 0.4) is 0 Å². The van der Waals surface area contributed by atoms with Crippen LogP contribution in [-0.4, -0.2) is 62.8 Å². The van der Waals surface area contributed by atoms with Crippen LogP contribution < -0.4 is 9.47 Å². The van der Waals surface area contributed by atoms with Gasteiger partial charge >= 0.3 is 7.12 Å². The minimum atomic E-state index is -4.00. The van der Waals surface area contributed by atoms with Crippen LogP contribution in [0, 0.1) is 11.7 Å². The SMILES string of the molecule is COc1cc(/C=N/N(CC(C)C)C2=NS(=O)(=O)c3cc(OCB(O)O)ccc32)ccc1F. The highest BCUT2D eigenvalue weighted by molar-refractivity contribution is 7.90. The number of ether oxygens (including phenoxy) is 2. The zero-order valence-corrected chi connectivity index (χ0v) is 18.6. The van der Waals surface area contributed by atoms with Gasteiger partial charge in [0, 0.05) is 18.2 Å². The van der Waals surface area contributed by atoms with Gasteiger partial charge in [-0.15, -0.1) is 4.40 Å². The Bertz CT molecular complexity index is 1150. The maximum absolute atomic E-state index is 13.7. The van der Waals surface area contributed by atoms with Gasteiger partial charge in [-0.1, -0.05) is 19.9 Å². The number of hydrazone groups is 1. The lowest BCUT2D eigenvalue weighted by molar-refractivity contribution is 0.306. The fourth-order valence-electron chi connectivity index (χ4n) is 2.99. The molecule has 0 saturated carbocycles. The Morgan fingerprint density at radius 2 is 2.00 bits per heavy atom. The fourth-order valence-corrected chi connectivity index (χ4v) is 4.21. The van der Waals surface area contributed by atoms with E-state index in [9.17, 15) is 12.8 Å². The van der Waals surface area contributed by atoms with Crippen molar-refractivity contribution < 1.29 is 32.3 Å². The van der Waals surface area contributed by atoms with Gasteiger partial charge in [-0.3, -0.25) is 0 Å².